The van der Waals surface area contributed by atoms with Gasteiger partial charge in [0.25, 0.3) is 0 Å². The summed E-state index contributed by atoms with van der Waals surface area (Å²) in [5.41, 5.74) is -1.11. The largest absolute Gasteiger partial charge is 0.465 e. The number of hydrogen-bond donors (Lipinski definition) is 5. The summed E-state index contributed by atoms with van der Waals surface area (Å²) in [6.07, 6.45) is -0.0743. The van der Waals surface area contributed by atoms with Gasteiger partial charge in [-0.3, -0.25) is 4.79 Å². The number of carbonyl (C=O) groups excluding carboxylic acids is 1. The van der Waals surface area contributed by atoms with E-state index in [9.17, 15) is 9.59 Å². The van der Waals surface area contributed by atoms with Gasteiger partial charge in [-0.2, -0.15) is 0 Å². The SMILES string of the molecule is O=C(O)N1CCCC1=O.OCC(CO)(CO)CO. The summed E-state index contributed by atoms with van der Waals surface area (Å²) in [5.74, 6) is -0.275. The van der Waals surface area contributed by atoms with Crippen LogP contribution in [0, 0.1) is 5.41 Å². The Labute approximate surface area is 104 Å². The summed E-state index contributed by atoms with van der Waals surface area (Å²) >= 11 is 0. The monoisotopic (exact) mass is 265 g/mol. The summed E-state index contributed by atoms with van der Waals surface area (Å²) in [6, 6.07) is 0. The highest BCUT2D eigenvalue weighted by atomic mass is 16.4. The molecule has 0 spiro atoms. The lowest BCUT2D eigenvalue weighted by Gasteiger charge is -2.23. The Morgan fingerprint density at radius 3 is 1.67 bits per heavy atom. The fraction of sp³-hybridized carbons (Fsp3) is 0.800. The first kappa shape index (κ1) is 16.8. The topological polar surface area (TPSA) is 139 Å². The smallest absolute Gasteiger partial charge is 0.414 e. The number of hydrogen-bond acceptors (Lipinski definition) is 6. The van der Waals surface area contributed by atoms with Crippen LogP contribution in [0.4, 0.5) is 4.79 Å². The van der Waals surface area contributed by atoms with Crippen molar-refractivity contribution in [1.82, 2.24) is 4.90 Å². The highest BCUT2D eigenvalue weighted by Gasteiger charge is 2.26. The van der Waals surface area contributed by atoms with E-state index in [4.69, 9.17) is 25.5 Å². The molecule has 0 radical (unpaired) electrons. The molecule has 0 saturated carbocycles. The van der Waals surface area contributed by atoms with Gasteiger partial charge >= 0.3 is 6.09 Å². The first-order valence-electron chi connectivity index (χ1n) is 5.43. The first-order valence-corrected chi connectivity index (χ1v) is 5.43. The van der Waals surface area contributed by atoms with Crippen LogP contribution in [0.3, 0.4) is 0 Å². The number of likely N-dealkylation sites (tertiary alicyclic amines) is 1. The summed E-state index contributed by atoms with van der Waals surface area (Å²) in [5, 5.41) is 42.3. The molecule has 5 N–H and O–H groups in total. The normalized spacial score (nSPS) is 15.3. The lowest BCUT2D eigenvalue weighted by atomic mass is 9.93. The van der Waals surface area contributed by atoms with Crippen LogP contribution >= 0.6 is 0 Å². The van der Waals surface area contributed by atoms with Crippen LogP contribution in [-0.4, -0.2) is 75.4 Å². The van der Waals surface area contributed by atoms with Gasteiger partial charge in [0.1, 0.15) is 0 Å². The second-order valence-corrected chi connectivity index (χ2v) is 4.06. The molecule has 1 aliphatic heterocycles. The number of nitrogens with zero attached hydrogens (tertiary/aromatic N) is 1. The summed E-state index contributed by atoms with van der Waals surface area (Å²) < 4.78 is 0. The second-order valence-electron chi connectivity index (χ2n) is 4.06. The van der Waals surface area contributed by atoms with E-state index in [0.29, 0.717) is 19.4 Å². The van der Waals surface area contributed by atoms with Gasteiger partial charge in [-0.25, -0.2) is 9.69 Å². The molecule has 2 amide bonds. The molecule has 1 fully saturated rings. The van der Waals surface area contributed by atoms with Crippen LogP contribution in [-0.2, 0) is 4.79 Å². The van der Waals surface area contributed by atoms with Gasteiger partial charge in [-0.1, -0.05) is 0 Å². The third kappa shape index (κ3) is 4.57. The summed E-state index contributed by atoms with van der Waals surface area (Å²) in [7, 11) is 0. The minimum absolute atomic E-state index is 0.275. The van der Waals surface area contributed by atoms with Crippen LogP contribution in [0.15, 0.2) is 0 Å². The van der Waals surface area contributed by atoms with E-state index in [0.717, 1.165) is 4.90 Å². The number of aliphatic hydroxyl groups excluding tert-OH is 4. The van der Waals surface area contributed by atoms with Gasteiger partial charge < -0.3 is 25.5 Å². The Bertz CT molecular complexity index is 260. The molecule has 0 aromatic rings. The molecule has 0 bridgehead atoms. The Hall–Kier alpha value is -1.22. The lowest BCUT2D eigenvalue weighted by Crippen LogP contribution is -2.37. The Kier molecular flexibility index (Phi) is 7.44. The second kappa shape index (κ2) is 7.98. The van der Waals surface area contributed by atoms with Crippen LogP contribution < -0.4 is 0 Å². The third-order valence-electron chi connectivity index (χ3n) is 2.65. The molecule has 1 aliphatic rings. The molecule has 8 heteroatoms. The van der Waals surface area contributed by atoms with Gasteiger partial charge in [-0.15, -0.1) is 0 Å². The molecular formula is C10H19NO7. The van der Waals surface area contributed by atoms with Crippen molar-refractivity contribution in [3.63, 3.8) is 0 Å². The molecule has 0 aromatic carbocycles. The highest BCUT2D eigenvalue weighted by Crippen LogP contribution is 2.11. The third-order valence-corrected chi connectivity index (χ3v) is 2.65. The van der Waals surface area contributed by atoms with Crippen LogP contribution in [0.1, 0.15) is 12.8 Å². The quantitative estimate of drug-likeness (QED) is 0.405. The highest BCUT2D eigenvalue weighted by molar-refractivity contribution is 5.92. The molecule has 106 valence electrons. The maximum absolute atomic E-state index is 10.6. The van der Waals surface area contributed by atoms with Gasteiger partial charge in [0, 0.05) is 13.0 Å². The van der Waals surface area contributed by atoms with Crippen molar-refractivity contribution in [1.29, 1.82) is 0 Å². The predicted molar refractivity (Wildman–Crippen MR) is 59.7 cm³/mol. The van der Waals surface area contributed by atoms with Gasteiger partial charge in [0.05, 0.1) is 31.8 Å². The Balaban J connectivity index is 0.000000321. The maximum Gasteiger partial charge on any atom is 0.414 e. The van der Waals surface area contributed by atoms with E-state index in [1.165, 1.54) is 0 Å². The minimum atomic E-state index is -1.13. The molecule has 0 aromatic heterocycles. The van der Waals surface area contributed by atoms with E-state index in [2.05, 4.69) is 0 Å². The Morgan fingerprint density at radius 2 is 1.56 bits per heavy atom. The molecule has 1 rings (SSSR count). The fourth-order valence-corrected chi connectivity index (χ4v) is 1.15. The Morgan fingerprint density at radius 1 is 1.11 bits per heavy atom. The van der Waals surface area contributed by atoms with Crippen LogP contribution in [0.5, 0.6) is 0 Å². The van der Waals surface area contributed by atoms with Crippen molar-refractivity contribution in [2.45, 2.75) is 12.8 Å². The molecule has 8 nitrogen and oxygen atoms in total. The number of carbonyl (C=O) groups is 2. The van der Waals surface area contributed by atoms with Gasteiger partial charge in [-0.05, 0) is 6.42 Å². The lowest BCUT2D eigenvalue weighted by molar-refractivity contribution is -0.125. The van der Waals surface area contributed by atoms with Crippen LogP contribution in [0.2, 0.25) is 0 Å². The van der Waals surface area contributed by atoms with Gasteiger partial charge in [0.2, 0.25) is 5.91 Å². The number of amides is 2. The molecule has 1 heterocycles. The van der Waals surface area contributed by atoms with E-state index in [1.54, 1.807) is 0 Å². The minimum Gasteiger partial charge on any atom is -0.465 e. The number of rotatable bonds is 4. The van der Waals surface area contributed by atoms with Gasteiger partial charge in [0.15, 0.2) is 0 Å². The maximum atomic E-state index is 10.6. The van der Waals surface area contributed by atoms with Crippen molar-refractivity contribution in [3.8, 4) is 0 Å². The summed E-state index contributed by atoms with van der Waals surface area (Å²) in [4.78, 5) is 21.5. The molecule has 0 unspecified atom stereocenters. The molecule has 0 aliphatic carbocycles. The first-order chi connectivity index (χ1) is 8.46. The summed E-state index contributed by atoms with van der Waals surface area (Å²) in [6.45, 7) is -1.26. The number of carboxylic acid groups (broad SMARTS) is 1. The standard InChI is InChI=1S/C5H7NO3.C5H12O4/c7-4-2-1-3-6(4)5(8)9;6-1-5(2-7,3-8)4-9/h1-3H2,(H,8,9);6-9H,1-4H2. The van der Waals surface area contributed by atoms with Crippen molar-refractivity contribution in [3.05, 3.63) is 0 Å². The fourth-order valence-electron chi connectivity index (χ4n) is 1.15. The van der Waals surface area contributed by atoms with E-state index < -0.39 is 37.9 Å². The van der Waals surface area contributed by atoms with E-state index in [-0.39, 0.29) is 5.91 Å². The average molecular weight is 265 g/mol. The molecule has 1 saturated heterocycles. The molecule has 0 atom stereocenters. The van der Waals surface area contributed by atoms with E-state index >= 15 is 0 Å². The zero-order valence-corrected chi connectivity index (χ0v) is 9.95. The van der Waals surface area contributed by atoms with Crippen LogP contribution in [0.25, 0.3) is 0 Å². The average Bonchev–Trinajstić information content (AvgIpc) is 2.80. The van der Waals surface area contributed by atoms with Crippen molar-refractivity contribution in [2.24, 2.45) is 5.41 Å². The zero-order valence-electron chi connectivity index (χ0n) is 9.95. The zero-order chi connectivity index (χ0) is 14.2. The van der Waals surface area contributed by atoms with Crippen molar-refractivity contribution >= 4 is 12.0 Å². The molecular weight excluding hydrogens is 246 g/mol. The van der Waals surface area contributed by atoms with E-state index in [1.807, 2.05) is 0 Å². The van der Waals surface area contributed by atoms with Crippen molar-refractivity contribution in [2.75, 3.05) is 33.0 Å². The van der Waals surface area contributed by atoms with Crippen molar-refractivity contribution < 1.29 is 35.1 Å². The number of aliphatic hydroxyl groups is 4. The molecule has 18 heavy (non-hydrogen) atoms. The predicted octanol–water partition coefficient (Wildman–Crippen LogP) is -1.77. The number of imide groups is 1.